The zero-order valence-corrected chi connectivity index (χ0v) is 21.7. The lowest BCUT2D eigenvalue weighted by Gasteiger charge is -2.45. The molecule has 0 bridgehead atoms. The van der Waals surface area contributed by atoms with E-state index in [9.17, 15) is 35.1 Å². The van der Waals surface area contributed by atoms with Gasteiger partial charge in [0.25, 0.3) is 0 Å². The van der Waals surface area contributed by atoms with Crippen LogP contribution < -0.4 is 0 Å². The zero-order valence-electron chi connectivity index (χ0n) is 21.7. The van der Waals surface area contributed by atoms with Crippen molar-refractivity contribution in [2.75, 3.05) is 13.2 Å². The Morgan fingerprint density at radius 3 is 2.50 bits per heavy atom. The van der Waals surface area contributed by atoms with Crippen LogP contribution in [0.3, 0.4) is 0 Å². The third kappa shape index (κ3) is 6.63. The molecule has 0 spiro atoms. The molecule has 0 aromatic rings. The monoisotopic (exact) mass is 542 g/mol. The Bertz CT molecular complexity index is 954. The highest BCUT2D eigenvalue weighted by Crippen LogP contribution is 2.49. The van der Waals surface area contributed by atoms with Gasteiger partial charge in [-0.1, -0.05) is 17.7 Å². The highest BCUT2D eigenvalue weighted by atomic mass is 16.8. The molecular weight excluding hydrogens is 504 g/mol. The van der Waals surface area contributed by atoms with Crippen LogP contribution in [0, 0.1) is 11.8 Å². The number of allylic oxidation sites excluding steroid dienone is 2. The molecule has 0 aromatic carbocycles. The lowest BCUT2D eigenvalue weighted by molar-refractivity contribution is -0.347. The molecule has 9 unspecified atom stereocenters. The Kier molecular flexibility index (Phi) is 10.1. The van der Waals surface area contributed by atoms with E-state index < -0.39 is 73.0 Å². The molecular formula is C26H38O12. The van der Waals surface area contributed by atoms with E-state index in [-0.39, 0.29) is 24.2 Å². The van der Waals surface area contributed by atoms with Crippen molar-refractivity contribution < 1.29 is 59.2 Å². The number of carboxylic acids is 1. The average molecular weight is 543 g/mol. The highest BCUT2D eigenvalue weighted by Gasteiger charge is 2.56. The van der Waals surface area contributed by atoms with E-state index in [1.54, 1.807) is 19.1 Å². The van der Waals surface area contributed by atoms with Crippen LogP contribution in [0.4, 0.5) is 0 Å². The number of aliphatic carboxylic acids is 1. The van der Waals surface area contributed by atoms with Crippen molar-refractivity contribution in [1.29, 1.82) is 0 Å². The zero-order chi connectivity index (χ0) is 28.2. The van der Waals surface area contributed by atoms with Gasteiger partial charge in [0, 0.05) is 11.5 Å². The Hall–Kier alpha value is -2.32. The van der Waals surface area contributed by atoms with E-state index >= 15 is 0 Å². The maximum absolute atomic E-state index is 12.8. The molecule has 2 aliphatic heterocycles. The fourth-order valence-electron chi connectivity index (χ4n) is 5.19. The molecule has 12 nitrogen and oxygen atoms in total. The summed E-state index contributed by atoms with van der Waals surface area (Å²) in [7, 11) is 0. The number of aliphatic hydroxyl groups excluding tert-OH is 4. The minimum Gasteiger partial charge on any atom is -0.478 e. The van der Waals surface area contributed by atoms with Crippen molar-refractivity contribution in [3.05, 3.63) is 35.1 Å². The number of aliphatic hydroxyl groups is 5. The molecule has 2 fully saturated rings. The van der Waals surface area contributed by atoms with Crippen LogP contribution in [-0.4, -0.2) is 98.4 Å². The van der Waals surface area contributed by atoms with E-state index in [0.717, 1.165) is 11.8 Å². The summed E-state index contributed by atoms with van der Waals surface area (Å²) in [6.07, 6.45) is -2.71. The summed E-state index contributed by atoms with van der Waals surface area (Å²) in [5.74, 6) is -3.37. The van der Waals surface area contributed by atoms with Gasteiger partial charge in [0.1, 0.15) is 18.3 Å². The smallest absolute Gasteiger partial charge is 0.334 e. The van der Waals surface area contributed by atoms with Gasteiger partial charge in [-0.25, -0.2) is 9.59 Å². The van der Waals surface area contributed by atoms with Crippen molar-refractivity contribution in [2.24, 2.45) is 11.8 Å². The van der Waals surface area contributed by atoms with Crippen LogP contribution in [0.1, 0.15) is 46.5 Å². The van der Waals surface area contributed by atoms with E-state index in [2.05, 4.69) is 0 Å². The van der Waals surface area contributed by atoms with Gasteiger partial charge in [-0.3, -0.25) is 0 Å². The summed E-state index contributed by atoms with van der Waals surface area (Å²) >= 11 is 0. The van der Waals surface area contributed by atoms with Crippen molar-refractivity contribution in [3.63, 3.8) is 0 Å². The molecule has 1 aliphatic carbocycles. The number of carboxylic acid groups (broad SMARTS) is 1. The molecule has 3 aliphatic rings. The van der Waals surface area contributed by atoms with Gasteiger partial charge in [0.2, 0.25) is 12.6 Å². The molecule has 214 valence electrons. The number of ether oxygens (including phenoxy) is 4. The highest BCUT2D eigenvalue weighted by molar-refractivity contribution is 5.88. The predicted molar refractivity (Wildman–Crippen MR) is 130 cm³/mol. The molecule has 9 atom stereocenters. The van der Waals surface area contributed by atoms with E-state index in [4.69, 9.17) is 24.1 Å². The first-order valence-electron chi connectivity index (χ1n) is 12.6. The van der Waals surface area contributed by atoms with Crippen LogP contribution in [0.2, 0.25) is 0 Å². The normalized spacial score (nSPS) is 37.7. The second kappa shape index (κ2) is 12.7. The van der Waals surface area contributed by atoms with Crippen LogP contribution in [0.15, 0.2) is 35.1 Å². The molecule has 0 amide bonds. The average Bonchev–Trinajstić information content (AvgIpc) is 3.18. The molecule has 6 N–H and O–H groups in total. The summed E-state index contributed by atoms with van der Waals surface area (Å²) in [5.41, 5.74) is -0.176. The lowest BCUT2D eigenvalue weighted by Crippen LogP contribution is -2.62. The molecule has 1 saturated carbocycles. The summed E-state index contributed by atoms with van der Waals surface area (Å²) in [5, 5.41) is 60.2. The first-order valence-corrected chi connectivity index (χ1v) is 12.6. The Balaban J connectivity index is 1.80. The molecule has 2 heterocycles. The molecule has 3 rings (SSSR count). The van der Waals surface area contributed by atoms with Crippen molar-refractivity contribution in [1.82, 2.24) is 0 Å². The van der Waals surface area contributed by atoms with Crippen molar-refractivity contribution in [3.8, 4) is 0 Å². The number of carbonyl (C=O) groups excluding carboxylic acids is 1. The summed E-state index contributed by atoms with van der Waals surface area (Å²) in [6, 6.07) is 0. The third-order valence-corrected chi connectivity index (χ3v) is 7.47. The van der Waals surface area contributed by atoms with Gasteiger partial charge < -0.3 is 49.6 Å². The van der Waals surface area contributed by atoms with E-state index in [1.165, 1.54) is 6.92 Å². The summed E-state index contributed by atoms with van der Waals surface area (Å²) in [6.45, 7) is 4.17. The fourth-order valence-corrected chi connectivity index (χ4v) is 5.19. The molecule has 0 radical (unpaired) electrons. The summed E-state index contributed by atoms with van der Waals surface area (Å²) in [4.78, 5) is 24.5. The van der Waals surface area contributed by atoms with Crippen LogP contribution in [0.25, 0.3) is 0 Å². The first kappa shape index (κ1) is 30.2. The van der Waals surface area contributed by atoms with Crippen LogP contribution in [0.5, 0.6) is 0 Å². The van der Waals surface area contributed by atoms with Gasteiger partial charge >= 0.3 is 11.9 Å². The van der Waals surface area contributed by atoms with Gasteiger partial charge in [-0.15, -0.1) is 0 Å². The van der Waals surface area contributed by atoms with Gasteiger partial charge in [-0.2, -0.15) is 0 Å². The van der Waals surface area contributed by atoms with Crippen LogP contribution in [-0.2, 0) is 28.5 Å². The number of rotatable bonds is 10. The fraction of sp³-hybridized carbons (Fsp3) is 0.692. The minimum atomic E-state index is -1.69. The van der Waals surface area contributed by atoms with Crippen molar-refractivity contribution >= 4 is 11.9 Å². The Labute approximate surface area is 220 Å². The second-order valence-electron chi connectivity index (χ2n) is 10.3. The first-order chi connectivity index (χ1) is 17.9. The standard InChI is InChI=1S/C26H38O12/c1-13(8-10-27)5-4-6-14(2)23(33)37-21-20(30)19(29)17(11-28)36-25(21)38-24-18-15(7-9-26(18,3)34)16(12-35-24)22(31)32/h6,8,12,15,17-21,24-25,27-30,34H,4-5,7,9-11H2,1-3H3,(H,31,32). The Morgan fingerprint density at radius 1 is 1.16 bits per heavy atom. The number of esters is 1. The largest absolute Gasteiger partial charge is 0.478 e. The third-order valence-electron chi connectivity index (χ3n) is 7.47. The Morgan fingerprint density at radius 2 is 1.87 bits per heavy atom. The maximum atomic E-state index is 12.8. The molecule has 12 heteroatoms. The summed E-state index contributed by atoms with van der Waals surface area (Å²) < 4.78 is 22.6. The molecule has 38 heavy (non-hydrogen) atoms. The number of hydrogen-bond acceptors (Lipinski definition) is 11. The maximum Gasteiger partial charge on any atom is 0.334 e. The molecule has 1 saturated heterocycles. The predicted octanol–water partition coefficient (Wildman–Crippen LogP) is 0.121. The second-order valence-corrected chi connectivity index (χ2v) is 10.3. The number of hydrogen-bond donors (Lipinski definition) is 6. The van der Waals surface area contributed by atoms with Crippen molar-refractivity contribution in [2.45, 2.75) is 89.1 Å². The number of carbonyl (C=O) groups is 2. The lowest BCUT2D eigenvalue weighted by atomic mass is 9.81. The molecule has 0 aromatic heterocycles. The van der Waals surface area contributed by atoms with Gasteiger partial charge in [-0.05, 0) is 46.5 Å². The van der Waals surface area contributed by atoms with E-state index in [1.807, 2.05) is 6.92 Å². The van der Waals surface area contributed by atoms with Crippen LogP contribution >= 0.6 is 0 Å². The van der Waals surface area contributed by atoms with E-state index in [0.29, 0.717) is 19.3 Å². The SMILES string of the molecule is CC(=CCO)CCC=C(C)C(=O)OC1C(OC2OC=C(C(=O)O)C3CCC(C)(O)C23)OC(CO)C(O)C1O. The van der Waals surface area contributed by atoms with Gasteiger partial charge in [0.05, 0.1) is 36.6 Å². The minimum absolute atomic E-state index is 0.00584. The quantitative estimate of drug-likeness (QED) is 0.124. The van der Waals surface area contributed by atoms with Gasteiger partial charge in [0.15, 0.2) is 6.10 Å². The topological polar surface area (TPSA) is 192 Å². The number of fused-ring (bicyclic) bond motifs is 1.